The Morgan fingerprint density at radius 2 is 1.93 bits per heavy atom. The van der Waals surface area contributed by atoms with Crippen molar-refractivity contribution in [1.82, 2.24) is 10.2 Å². The maximum atomic E-state index is 13.0. The smallest absolute Gasteiger partial charge is 0.308 e. The van der Waals surface area contributed by atoms with Crippen LogP contribution in [0.1, 0.15) is 40.0 Å². The van der Waals surface area contributed by atoms with Crippen LogP contribution in [-0.2, 0) is 19.1 Å². The summed E-state index contributed by atoms with van der Waals surface area (Å²) in [4.78, 5) is 38.9. The summed E-state index contributed by atoms with van der Waals surface area (Å²) in [5, 5.41) is 2.71. The van der Waals surface area contributed by atoms with Gasteiger partial charge in [0.05, 0.1) is 12.5 Å². The van der Waals surface area contributed by atoms with Gasteiger partial charge in [0.15, 0.2) is 6.10 Å². The Balaban J connectivity index is 2.09. The lowest BCUT2D eigenvalue weighted by Gasteiger charge is -2.36. The summed E-state index contributed by atoms with van der Waals surface area (Å²) in [6, 6.07) is 8.20. The molecule has 7 heteroatoms. The van der Waals surface area contributed by atoms with Gasteiger partial charge < -0.3 is 19.7 Å². The second kappa shape index (κ2) is 9.94. The van der Waals surface area contributed by atoms with Gasteiger partial charge in [-0.05, 0) is 31.9 Å². The van der Waals surface area contributed by atoms with E-state index < -0.39 is 18.1 Å². The summed E-state index contributed by atoms with van der Waals surface area (Å²) >= 11 is 0. The highest BCUT2D eigenvalue weighted by Gasteiger charge is 2.38. The number of nitrogens with one attached hydrogen (secondary N) is 1. The summed E-state index contributed by atoms with van der Waals surface area (Å²) in [5.41, 5.74) is 0. The van der Waals surface area contributed by atoms with Crippen LogP contribution in [0, 0.1) is 0 Å². The van der Waals surface area contributed by atoms with E-state index in [1.54, 1.807) is 19.1 Å². The Morgan fingerprint density at radius 1 is 1.22 bits per heavy atom. The summed E-state index contributed by atoms with van der Waals surface area (Å²) in [5.74, 6) is -0.532. The second-order valence-electron chi connectivity index (χ2n) is 6.58. The minimum atomic E-state index is -0.878. The van der Waals surface area contributed by atoms with E-state index >= 15 is 0 Å². The van der Waals surface area contributed by atoms with Crippen LogP contribution in [0.15, 0.2) is 30.3 Å². The number of benzene rings is 1. The maximum absolute atomic E-state index is 13.0. The zero-order valence-corrected chi connectivity index (χ0v) is 16.1. The second-order valence-corrected chi connectivity index (χ2v) is 6.58. The van der Waals surface area contributed by atoms with E-state index in [-0.39, 0.29) is 24.3 Å². The van der Waals surface area contributed by atoms with Crippen molar-refractivity contribution in [2.45, 2.75) is 58.3 Å². The Labute approximate surface area is 160 Å². The van der Waals surface area contributed by atoms with Crippen LogP contribution in [0.5, 0.6) is 5.75 Å². The normalized spacial score (nSPS) is 19.0. The summed E-state index contributed by atoms with van der Waals surface area (Å²) < 4.78 is 11.1. The van der Waals surface area contributed by atoms with Gasteiger partial charge in [-0.1, -0.05) is 32.0 Å². The lowest BCUT2D eigenvalue weighted by Crippen LogP contribution is -2.60. The first-order chi connectivity index (χ1) is 13.0. The Bertz CT molecular complexity index is 649. The van der Waals surface area contributed by atoms with E-state index in [1.165, 1.54) is 4.90 Å². The molecule has 3 atom stereocenters. The first-order valence-corrected chi connectivity index (χ1v) is 9.45. The van der Waals surface area contributed by atoms with Crippen molar-refractivity contribution in [3.05, 3.63) is 30.3 Å². The number of carbonyl (C=O) groups excluding carboxylic acids is 3. The van der Waals surface area contributed by atoms with E-state index in [2.05, 4.69) is 5.32 Å². The minimum Gasteiger partial charge on any atom is -0.481 e. The van der Waals surface area contributed by atoms with Gasteiger partial charge in [-0.3, -0.25) is 14.4 Å². The molecule has 3 unspecified atom stereocenters. The van der Waals surface area contributed by atoms with E-state index in [1.807, 2.05) is 32.0 Å². The van der Waals surface area contributed by atoms with Crippen molar-refractivity contribution in [3.8, 4) is 5.75 Å². The Hall–Kier alpha value is -2.57. The molecule has 1 aliphatic rings. The molecule has 0 aliphatic carbocycles. The van der Waals surface area contributed by atoms with Gasteiger partial charge in [-0.2, -0.15) is 0 Å². The van der Waals surface area contributed by atoms with Crippen LogP contribution >= 0.6 is 0 Å². The van der Waals surface area contributed by atoms with Gasteiger partial charge in [-0.25, -0.2) is 0 Å². The lowest BCUT2D eigenvalue weighted by atomic mass is 10.1. The minimum absolute atomic E-state index is 0.163. The number of rotatable bonds is 8. The topological polar surface area (TPSA) is 84.9 Å². The molecule has 1 heterocycles. The highest BCUT2D eigenvalue weighted by Crippen LogP contribution is 2.18. The molecule has 0 bridgehead atoms. The van der Waals surface area contributed by atoms with Crippen LogP contribution in [0.3, 0.4) is 0 Å². The molecule has 1 N–H and O–H groups in total. The van der Waals surface area contributed by atoms with E-state index in [9.17, 15) is 14.4 Å². The molecule has 27 heavy (non-hydrogen) atoms. The third-order valence-corrected chi connectivity index (χ3v) is 4.55. The first kappa shape index (κ1) is 20.7. The predicted molar refractivity (Wildman–Crippen MR) is 100 cm³/mol. The third kappa shape index (κ3) is 5.70. The summed E-state index contributed by atoms with van der Waals surface area (Å²) in [6.45, 7) is 6.24. The van der Waals surface area contributed by atoms with Crippen molar-refractivity contribution < 1.29 is 23.9 Å². The van der Waals surface area contributed by atoms with Gasteiger partial charge in [0.25, 0.3) is 5.91 Å². The molecule has 1 aromatic carbocycles. The highest BCUT2D eigenvalue weighted by molar-refractivity contribution is 5.93. The van der Waals surface area contributed by atoms with Crippen LogP contribution in [-0.4, -0.2) is 54.0 Å². The molecule has 1 saturated heterocycles. The lowest BCUT2D eigenvalue weighted by molar-refractivity contribution is -0.156. The largest absolute Gasteiger partial charge is 0.481 e. The number of piperazine rings is 1. The first-order valence-electron chi connectivity index (χ1n) is 9.45. The van der Waals surface area contributed by atoms with E-state index in [4.69, 9.17) is 9.47 Å². The van der Waals surface area contributed by atoms with Crippen LogP contribution < -0.4 is 10.1 Å². The van der Waals surface area contributed by atoms with Gasteiger partial charge in [0, 0.05) is 13.1 Å². The van der Waals surface area contributed by atoms with Crippen molar-refractivity contribution in [1.29, 1.82) is 0 Å². The van der Waals surface area contributed by atoms with Gasteiger partial charge >= 0.3 is 5.97 Å². The highest BCUT2D eigenvalue weighted by atomic mass is 16.5. The van der Waals surface area contributed by atoms with Crippen LogP contribution in [0.2, 0.25) is 0 Å². The zero-order chi connectivity index (χ0) is 19.8. The van der Waals surface area contributed by atoms with Gasteiger partial charge in [-0.15, -0.1) is 0 Å². The molecule has 2 amide bonds. The number of hydrogen-bond donors (Lipinski definition) is 1. The number of carbonyl (C=O) groups is 3. The van der Waals surface area contributed by atoms with Crippen molar-refractivity contribution in [2.24, 2.45) is 0 Å². The predicted octanol–water partition coefficient (Wildman–Crippen LogP) is 1.90. The van der Waals surface area contributed by atoms with Crippen LogP contribution in [0.4, 0.5) is 0 Å². The summed E-state index contributed by atoms with van der Waals surface area (Å²) in [6.07, 6.45) is 0.0395. The molecule has 2 rings (SSSR count). The maximum Gasteiger partial charge on any atom is 0.308 e. The molecule has 1 aliphatic heterocycles. The number of ether oxygens (including phenoxy) is 2. The molecular formula is C20H28N2O5. The van der Waals surface area contributed by atoms with Gasteiger partial charge in [0.2, 0.25) is 5.91 Å². The number of esters is 1. The molecule has 1 aromatic rings. The number of amides is 2. The van der Waals surface area contributed by atoms with Crippen LogP contribution in [0.25, 0.3) is 0 Å². The van der Waals surface area contributed by atoms with E-state index in [0.717, 1.165) is 0 Å². The fourth-order valence-corrected chi connectivity index (χ4v) is 2.85. The third-order valence-electron chi connectivity index (χ3n) is 4.55. The molecule has 0 saturated carbocycles. The fraction of sp³-hybridized carbons (Fsp3) is 0.550. The Morgan fingerprint density at radius 3 is 2.56 bits per heavy atom. The molecule has 148 valence electrons. The van der Waals surface area contributed by atoms with Crippen molar-refractivity contribution >= 4 is 17.8 Å². The molecule has 0 spiro atoms. The standard InChI is InChI=1S/C20H28N2O5/c1-4-14(3)26-18(23)13-16-19(24)21-11-12-22(16)20(25)17(5-2)27-15-9-7-6-8-10-15/h6-10,14,16-17H,4-5,11-13H2,1-3H3,(H,21,24). The zero-order valence-electron chi connectivity index (χ0n) is 16.1. The Kier molecular flexibility index (Phi) is 7.64. The number of nitrogens with zero attached hydrogens (tertiary/aromatic N) is 1. The SMILES string of the molecule is CCC(C)OC(=O)CC1C(=O)NCCN1C(=O)C(CC)Oc1ccccc1. The average Bonchev–Trinajstić information content (AvgIpc) is 2.67. The molecule has 0 radical (unpaired) electrons. The van der Waals surface area contributed by atoms with Crippen molar-refractivity contribution in [2.75, 3.05) is 13.1 Å². The molecule has 0 aromatic heterocycles. The van der Waals surface area contributed by atoms with Gasteiger partial charge in [0.1, 0.15) is 11.8 Å². The number of hydrogen-bond acceptors (Lipinski definition) is 5. The molecule has 1 fully saturated rings. The fourth-order valence-electron chi connectivity index (χ4n) is 2.85. The van der Waals surface area contributed by atoms with E-state index in [0.29, 0.717) is 31.7 Å². The van der Waals surface area contributed by atoms with Crippen molar-refractivity contribution in [3.63, 3.8) is 0 Å². The number of para-hydroxylation sites is 1. The monoisotopic (exact) mass is 376 g/mol. The molecule has 7 nitrogen and oxygen atoms in total. The molecular weight excluding hydrogens is 348 g/mol. The summed E-state index contributed by atoms with van der Waals surface area (Å²) in [7, 11) is 0. The quantitative estimate of drug-likeness (QED) is 0.701. The average molecular weight is 376 g/mol.